The van der Waals surface area contributed by atoms with Crippen LogP contribution in [0.1, 0.15) is 44.3 Å². The van der Waals surface area contributed by atoms with Crippen LogP contribution < -0.4 is 0 Å². The SMILES string of the molecule is CCN1CCN(C2=CN3C(=O)C=C(c4cc5c(C)nc(C)cn5n4)C(C)CC=C3C=C2)CC1C. The summed E-state index contributed by atoms with van der Waals surface area (Å²) in [5.41, 5.74) is 6.70. The summed E-state index contributed by atoms with van der Waals surface area (Å²) in [6.45, 7) is 14.7. The third kappa shape index (κ3) is 4.09. The highest BCUT2D eigenvalue weighted by molar-refractivity contribution is 5.98. The molecule has 5 heterocycles. The maximum absolute atomic E-state index is 13.5. The number of fused-ring (bicyclic) bond motifs is 2. The molecule has 2 unspecified atom stereocenters. The topological polar surface area (TPSA) is 57.0 Å². The number of nitrogens with zero attached hydrogens (tertiary/aromatic N) is 6. The molecular formula is C27H34N6O. The minimum Gasteiger partial charge on any atom is -0.367 e. The van der Waals surface area contributed by atoms with E-state index < -0.39 is 0 Å². The summed E-state index contributed by atoms with van der Waals surface area (Å²) < 4.78 is 1.88. The fourth-order valence-electron chi connectivity index (χ4n) is 5.27. The van der Waals surface area contributed by atoms with E-state index in [0.717, 1.165) is 72.2 Å². The maximum atomic E-state index is 13.5. The van der Waals surface area contributed by atoms with Crippen molar-refractivity contribution in [3.63, 3.8) is 0 Å². The van der Waals surface area contributed by atoms with Crippen LogP contribution in [0.25, 0.3) is 11.1 Å². The number of allylic oxidation sites excluding steroid dienone is 4. The average molecular weight is 459 g/mol. The van der Waals surface area contributed by atoms with Crippen molar-refractivity contribution in [3.8, 4) is 0 Å². The molecule has 34 heavy (non-hydrogen) atoms. The van der Waals surface area contributed by atoms with Gasteiger partial charge in [0.15, 0.2) is 0 Å². The highest BCUT2D eigenvalue weighted by Gasteiger charge is 2.28. The Balaban J connectivity index is 1.46. The second-order valence-electron chi connectivity index (χ2n) is 9.71. The monoisotopic (exact) mass is 458 g/mol. The Bertz CT molecular complexity index is 1250. The van der Waals surface area contributed by atoms with Crippen LogP contribution in [0.3, 0.4) is 0 Å². The average Bonchev–Trinajstić information content (AvgIpc) is 3.24. The number of carbonyl (C=O) groups excluding carboxylic acids is 1. The first kappa shape index (κ1) is 22.6. The van der Waals surface area contributed by atoms with Crippen molar-refractivity contribution in [2.75, 3.05) is 26.2 Å². The van der Waals surface area contributed by atoms with E-state index in [0.29, 0.717) is 6.04 Å². The van der Waals surface area contributed by atoms with Crippen LogP contribution in [0.15, 0.2) is 54.2 Å². The lowest BCUT2D eigenvalue weighted by Crippen LogP contribution is -2.51. The third-order valence-electron chi connectivity index (χ3n) is 7.28. The number of hydrogen-bond donors (Lipinski definition) is 0. The molecule has 1 amide bonds. The van der Waals surface area contributed by atoms with Crippen molar-refractivity contribution in [3.05, 3.63) is 71.2 Å². The Morgan fingerprint density at radius 3 is 2.68 bits per heavy atom. The molecule has 7 heteroatoms. The molecule has 0 aliphatic carbocycles. The van der Waals surface area contributed by atoms with Gasteiger partial charge in [0, 0.05) is 43.6 Å². The molecule has 0 radical (unpaired) electrons. The highest BCUT2D eigenvalue weighted by Crippen LogP contribution is 2.32. The van der Waals surface area contributed by atoms with Crippen molar-refractivity contribution in [1.82, 2.24) is 29.3 Å². The summed E-state index contributed by atoms with van der Waals surface area (Å²) in [5.74, 6) is 0.151. The number of aryl methyl sites for hydroxylation is 2. The van der Waals surface area contributed by atoms with Gasteiger partial charge >= 0.3 is 0 Å². The second-order valence-corrected chi connectivity index (χ2v) is 9.71. The zero-order valence-electron chi connectivity index (χ0n) is 20.8. The lowest BCUT2D eigenvalue weighted by molar-refractivity contribution is -0.122. The fourth-order valence-corrected chi connectivity index (χ4v) is 5.27. The number of rotatable bonds is 3. The summed E-state index contributed by atoms with van der Waals surface area (Å²) in [4.78, 5) is 24.8. The van der Waals surface area contributed by atoms with E-state index >= 15 is 0 Å². The van der Waals surface area contributed by atoms with Gasteiger partial charge in [-0.2, -0.15) is 5.10 Å². The summed E-state index contributed by atoms with van der Waals surface area (Å²) in [6, 6.07) is 2.55. The molecule has 0 bridgehead atoms. The number of hydrogen-bond acceptors (Lipinski definition) is 5. The van der Waals surface area contributed by atoms with Crippen molar-refractivity contribution in [2.45, 2.75) is 47.1 Å². The predicted molar refractivity (Wildman–Crippen MR) is 135 cm³/mol. The van der Waals surface area contributed by atoms with Crippen LogP contribution in [-0.2, 0) is 4.79 Å². The maximum Gasteiger partial charge on any atom is 0.255 e. The van der Waals surface area contributed by atoms with Gasteiger partial charge in [-0.25, -0.2) is 4.52 Å². The van der Waals surface area contributed by atoms with Gasteiger partial charge < -0.3 is 4.90 Å². The molecule has 3 aliphatic heterocycles. The molecule has 0 aromatic carbocycles. The van der Waals surface area contributed by atoms with E-state index in [1.165, 1.54) is 0 Å². The standard InChI is InChI=1S/C27H34N6O/c1-6-30-11-12-31(16-20(30)4)23-10-9-22-8-7-18(2)24(13-27(34)32(22)17-23)25-14-26-21(5)28-19(3)15-33(26)29-25/h8-10,13-15,17-18,20H,6-7,11-12,16H2,1-5H3. The van der Waals surface area contributed by atoms with Gasteiger partial charge in [-0.3, -0.25) is 19.6 Å². The predicted octanol–water partition coefficient (Wildman–Crippen LogP) is 3.92. The smallest absolute Gasteiger partial charge is 0.255 e. The lowest BCUT2D eigenvalue weighted by atomic mass is 9.92. The summed E-state index contributed by atoms with van der Waals surface area (Å²) >= 11 is 0. The molecule has 1 saturated heterocycles. The molecule has 178 valence electrons. The second kappa shape index (κ2) is 8.87. The van der Waals surface area contributed by atoms with E-state index in [1.54, 1.807) is 11.0 Å². The third-order valence-corrected chi connectivity index (χ3v) is 7.28. The Morgan fingerprint density at radius 1 is 1.12 bits per heavy atom. The lowest BCUT2D eigenvalue weighted by Gasteiger charge is -2.42. The molecule has 2 aromatic rings. The zero-order valence-corrected chi connectivity index (χ0v) is 20.8. The van der Waals surface area contributed by atoms with Gasteiger partial charge in [0.25, 0.3) is 5.91 Å². The van der Waals surface area contributed by atoms with Crippen molar-refractivity contribution >= 4 is 17.0 Å². The number of carbonyl (C=O) groups is 1. The number of aromatic nitrogens is 3. The summed E-state index contributed by atoms with van der Waals surface area (Å²) in [5, 5.41) is 4.81. The van der Waals surface area contributed by atoms with E-state index in [1.807, 2.05) is 30.8 Å². The van der Waals surface area contributed by atoms with Crippen LogP contribution in [-0.4, -0.2) is 67.4 Å². The van der Waals surface area contributed by atoms with E-state index in [2.05, 4.69) is 59.8 Å². The first-order valence-corrected chi connectivity index (χ1v) is 12.3. The minimum atomic E-state index is -0.0297. The number of amides is 1. The van der Waals surface area contributed by atoms with Crippen molar-refractivity contribution in [2.24, 2.45) is 5.92 Å². The molecule has 5 rings (SSSR count). The largest absolute Gasteiger partial charge is 0.367 e. The first-order valence-electron chi connectivity index (χ1n) is 12.3. The quantitative estimate of drug-likeness (QED) is 0.698. The van der Waals surface area contributed by atoms with Crippen LogP contribution in [0.2, 0.25) is 0 Å². The molecule has 2 atom stereocenters. The molecule has 0 spiro atoms. The van der Waals surface area contributed by atoms with Gasteiger partial charge in [-0.15, -0.1) is 0 Å². The Labute approximate surface area is 201 Å². The molecule has 3 aliphatic rings. The van der Waals surface area contributed by atoms with Gasteiger partial charge in [0.05, 0.1) is 34.5 Å². The Kier molecular flexibility index (Phi) is 5.90. The van der Waals surface area contributed by atoms with Crippen LogP contribution in [0, 0.1) is 19.8 Å². The first-order chi connectivity index (χ1) is 16.3. The van der Waals surface area contributed by atoms with Crippen molar-refractivity contribution < 1.29 is 4.79 Å². The highest BCUT2D eigenvalue weighted by atomic mass is 16.2. The van der Waals surface area contributed by atoms with Crippen molar-refractivity contribution in [1.29, 1.82) is 0 Å². The molecular weight excluding hydrogens is 424 g/mol. The summed E-state index contributed by atoms with van der Waals surface area (Å²) in [7, 11) is 0. The van der Waals surface area contributed by atoms with Crippen LogP contribution >= 0.6 is 0 Å². The minimum absolute atomic E-state index is 0.0297. The van der Waals surface area contributed by atoms with Gasteiger partial charge in [-0.05, 0) is 63.4 Å². The molecule has 0 saturated carbocycles. The van der Waals surface area contributed by atoms with E-state index in [9.17, 15) is 4.79 Å². The summed E-state index contributed by atoms with van der Waals surface area (Å²) in [6.07, 6.45) is 13.0. The fraction of sp³-hybridized carbons (Fsp3) is 0.444. The van der Waals surface area contributed by atoms with Gasteiger partial charge in [0.1, 0.15) is 0 Å². The number of likely N-dealkylation sites (N-methyl/N-ethyl adjacent to an activating group) is 1. The van der Waals surface area contributed by atoms with Gasteiger partial charge in [-0.1, -0.05) is 19.9 Å². The van der Waals surface area contributed by atoms with Crippen LogP contribution in [0.5, 0.6) is 0 Å². The number of piperazine rings is 1. The Hall–Kier alpha value is -3.19. The molecule has 2 aromatic heterocycles. The molecule has 0 N–H and O–H groups in total. The normalized spacial score (nSPS) is 23.9. The molecule has 7 nitrogen and oxygen atoms in total. The zero-order chi connectivity index (χ0) is 24.0. The van der Waals surface area contributed by atoms with Gasteiger partial charge in [0.2, 0.25) is 0 Å². The Morgan fingerprint density at radius 2 is 1.91 bits per heavy atom. The van der Waals surface area contributed by atoms with Crippen LogP contribution in [0.4, 0.5) is 0 Å². The van der Waals surface area contributed by atoms with E-state index in [4.69, 9.17) is 5.10 Å². The van der Waals surface area contributed by atoms with E-state index in [-0.39, 0.29) is 11.8 Å². The molecule has 1 fully saturated rings.